The Labute approximate surface area is 123 Å². The van der Waals surface area contributed by atoms with Crippen molar-refractivity contribution in [1.29, 1.82) is 0 Å². The van der Waals surface area contributed by atoms with E-state index in [1.807, 2.05) is 0 Å². The predicted molar refractivity (Wildman–Crippen MR) is 75.1 cm³/mol. The first kappa shape index (κ1) is 13.6. The van der Waals surface area contributed by atoms with Gasteiger partial charge in [-0.2, -0.15) is 0 Å². The number of halogens is 4. The molecular weight excluding hydrogens is 316 g/mol. The lowest BCUT2D eigenvalue weighted by atomic mass is 10.1. The average molecular weight is 321 g/mol. The summed E-state index contributed by atoms with van der Waals surface area (Å²) < 4.78 is 0. The van der Waals surface area contributed by atoms with Gasteiger partial charge in [0.1, 0.15) is 5.15 Å². The molecule has 6 heteroatoms. The molecule has 2 aromatic rings. The lowest BCUT2D eigenvalue weighted by molar-refractivity contribution is 0.112. The van der Waals surface area contributed by atoms with Gasteiger partial charge < -0.3 is 0 Å². The molecule has 0 bridgehead atoms. The van der Waals surface area contributed by atoms with Crippen molar-refractivity contribution in [3.63, 3.8) is 0 Å². The lowest BCUT2D eigenvalue weighted by Crippen LogP contribution is -1.89. The largest absolute Gasteiger partial charge is 0.298 e. The van der Waals surface area contributed by atoms with Crippen molar-refractivity contribution in [1.82, 2.24) is 4.98 Å². The summed E-state index contributed by atoms with van der Waals surface area (Å²) in [4.78, 5) is 14.7. The van der Waals surface area contributed by atoms with Crippen molar-refractivity contribution in [2.45, 2.75) is 0 Å². The molecule has 0 unspecified atom stereocenters. The molecule has 0 aliphatic heterocycles. The van der Waals surface area contributed by atoms with Gasteiger partial charge in [-0.3, -0.25) is 4.79 Å². The molecule has 0 amide bonds. The topological polar surface area (TPSA) is 30.0 Å². The second kappa shape index (κ2) is 5.45. The summed E-state index contributed by atoms with van der Waals surface area (Å²) in [5.41, 5.74) is 1.57. The fourth-order valence-electron chi connectivity index (χ4n) is 1.44. The third-order valence-electron chi connectivity index (χ3n) is 2.34. The van der Waals surface area contributed by atoms with Gasteiger partial charge in [0.05, 0.1) is 20.6 Å². The Bertz CT molecular complexity index is 628. The number of benzene rings is 1. The highest BCUT2D eigenvalue weighted by Gasteiger charge is 2.12. The SMILES string of the molecule is O=Cc1cc(-c2ccc(Cl)c(Cl)c2Cl)cnc1Cl. The van der Waals surface area contributed by atoms with Crippen LogP contribution < -0.4 is 0 Å². The van der Waals surface area contributed by atoms with Crippen molar-refractivity contribution < 1.29 is 4.79 Å². The van der Waals surface area contributed by atoms with E-state index in [0.717, 1.165) is 0 Å². The zero-order valence-electron chi connectivity index (χ0n) is 8.75. The number of hydrogen-bond donors (Lipinski definition) is 0. The molecule has 92 valence electrons. The Kier molecular flexibility index (Phi) is 4.13. The molecule has 2 rings (SSSR count). The van der Waals surface area contributed by atoms with Gasteiger partial charge in [0.15, 0.2) is 6.29 Å². The van der Waals surface area contributed by atoms with Gasteiger partial charge in [0.25, 0.3) is 0 Å². The van der Waals surface area contributed by atoms with E-state index in [2.05, 4.69) is 4.98 Å². The number of rotatable bonds is 2. The zero-order chi connectivity index (χ0) is 13.3. The molecule has 0 spiro atoms. The molecule has 1 heterocycles. The molecule has 0 saturated carbocycles. The Balaban J connectivity index is 2.62. The van der Waals surface area contributed by atoms with Gasteiger partial charge in [-0.15, -0.1) is 0 Å². The third kappa shape index (κ3) is 2.47. The number of hydrogen-bond acceptors (Lipinski definition) is 2. The van der Waals surface area contributed by atoms with Crippen LogP contribution in [0.3, 0.4) is 0 Å². The van der Waals surface area contributed by atoms with Crippen molar-refractivity contribution in [3.8, 4) is 11.1 Å². The summed E-state index contributed by atoms with van der Waals surface area (Å²) in [6.45, 7) is 0. The van der Waals surface area contributed by atoms with Gasteiger partial charge >= 0.3 is 0 Å². The standard InChI is InChI=1S/C12H5Cl4NO/c13-9-2-1-8(10(14)11(9)15)6-3-7(5-18)12(16)17-4-6/h1-5H. The minimum absolute atomic E-state index is 0.143. The molecule has 0 saturated heterocycles. The first-order valence-corrected chi connectivity index (χ1v) is 6.30. The van der Waals surface area contributed by atoms with Crippen molar-refractivity contribution >= 4 is 52.7 Å². The number of pyridine rings is 1. The van der Waals surface area contributed by atoms with Gasteiger partial charge in [-0.1, -0.05) is 52.5 Å². The number of aromatic nitrogens is 1. The van der Waals surface area contributed by atoms with Crippen LogP contribution in [0.1, 0.15) is 10.4 Å². The van der Waals surface area contributed by atoms with Crippen LogP contribution in [-0.4, -0.2) is 11.3 Å². The van der Waals surface area contributed by atoms with Crippen LogP contribution in [0.4, 0.5) is 0 Å². The molecular formula is C12H5Cl4NO. The van der Waals surface area contributed by atoms with Crippen LogP contribution in [-0.2, 0) is 0 Å². The van der Waals surface area contributed by atoms with E-state index in [1.54, 1.807) is 18.2 Å². The summed E-state index contributed by atoms with van der Waals surface area (Å²) in [5, 5.41) is 1.08. The smallest absolute Gasteiger partial charge is 0.153 e. The monoisotopic (exact) mass is 319 g/mol. The second-order valence-corrected chi connectivity index (χ2v) is 4.97. The lowest BCUT2D eigenvalue weighted by Gasteiger charge is -2.08. The van der Waals surface area contributed by atoms with E-state index in [4.69, 9.17) is 46.4 Å². The maximum atomic E-state index is 10.8. The fourth-order valence-corrected chi connectivity index (χ4v) is 2.24. The van der Waals surface area contributed by atoms with Crippen molar-refractivity contribution in [2.75, 3.05) is 0 Å². The molecule has 2 nitrogen and oxygen atoms in total. The highest BCUT2D eigenvalue weighted by Crippen LogP contribution is 2.38. The van der Waals surface area contributed by atoms with Crippen LogP contribution in [0.2, 0.25) is 20.2 Å². The quantitative estimate of drug-likeness (QED) is 0.434. The van der Waals surface area contributed by atoms with Gasteiger partial charge in [-0.05, 0) is 12.1 Å². The molecule has 1 aromatic carbocycles. The van der Waals surface area contributed by atoms with E-state index in [0.29, 0.717) is 27.5 Å². The molecule has 0 aliphatic rings. The summed E-state index contributed by atoms with van der Waals surface area (Å²) in [5.74, 6) is 0. The van der Waals surface area contributed by atoms with E-state index in [-0.39, 0.29) is 15.7 Å². The van der Waals surface area contributed by atoms with Gasteiger partial charge in [0.2, 0.25) is 0 Å². The minimum Gasteiger partial charge on any atom is -0.298 e. The molecule has 18 heavy (non-hydrogen) atoms. The van der Waals surface area contributed by atoms with E-state index in [9.17, 15) is 4.79 Å². The maximum absolute atomic E-state index is 10.8. The van der Waals surface area contributed by atoms with Gasteiger partial charge in [0, 0.05) is 17.3 Å². The molecule has 0 radical (unpaired) electrons. The van der Waals surface area contributed by atoms with Crippen LogP contribution in [0.25, 0.3) is 11.1 Å². The Hall–Kier alpha value is -0.800. The first-order chi connectivity index (χ1) is 8.54. The van der Waals surface area contributed by atoms with Crippen LogP contribution in [0, 0.1) is 0 Å². The second-order valence-electron chi connectivity index (χ2n) is 3.44. The Morgan fingerprint density at radius 3 is 2.44 bits per heavy atom. The van der Waals surface area contributed by atoms with Crippen LogP contribution in [0.5, 0.6) is 0 Å². The summed E-state index contributed by atoms with van der Waals surface area (Å²) in [6.07, 6.45) is 2.14. The van der Waals surface area contributed by atoms with Crippen molar-refractivity contribution in [3.05, 3.63) is 50.2 Å². The zero-order valence-corrected chi connectivity index (χ0v) is 11.8. The minimum atomic E-state index is 0.143. The fraction of sp³-hybridized carbons (Fsp3) is 0. The molecule has 0 aliphatic carbocycles. The summed E-state index contributed by atoms with van der Waals surface area (Å²) in [6, 6.07) is 4.92. The molecule has 1 aromatic heterocycles. The predicted octanol–water partition coefficient (Wildman–Crippen LogP) is 5.17. The van der Waals surface area contributed by atoms with Gasteiger partial charge in [-0.25, -0.2) is 4.98 Å². The number of nitrogens with zero attached hydrogens (tertiary/aromatic N) is 1. The number of aldehydes is 1. The Morgan fingerprint density at radius 1 is 1.06 bits per heavy atom. The van der Waals surface area contributed by atoms with Crippen LogP contribution >= 0.6 is 46.4 Å². The number of carbonyl (C=O) groups is 1. The first-order valence-electron chi connectivity index (χ1n) is 4.79. The highest BCUT2D eigenvalue weighted by molar-refractivity contribution is 6.49. The Morgan fingerprint density at radius 2 is 1.78 bits per heavy atom. The average Bonchev–Trinajstić information content (AvgIpc) is 2.37. The van der Waals surface area contributed by atoms with E-state index < -0.39 is 0 Å². The summed E-state index contributed by atoms with van der Waals surface area (Å²) >= 11 is 23.7. The number of carbonyl (C=O) groups excluding carboxylic acids is 1. The highest BCUT2D eigenvalue weighted by atomic mass is 35.5. The van der Waals surface area contributed by atoms with E-state index >= 15 is 0 Å². The third-order valence-corrected chi connectivity index (χ3v) is 3.95. The summed E-state index contributed by atoms with van der Waals surface area (Å²) in [7, 11) is 0. The normalized spacial score (nSPS) is 10.4. The van der Waals surface area contributed by atoms with Crippen LogP contribution in [0.15, 0.2) is 24.4 Å². The molecule has 0 atom stereocenters. The van der Waals surface area contributed by atoms with Crippen molar-refractivity contribution in [2.24, 2.45) is 0 Å². The van der Waals surface area contributed by atoms with E-state index in [1.165, 1.54) is 6.20 Å². The molecule has 0 fully saturated rings. The maximum Gasteiger partial charge on any atom is 0.153 e. The molecule has 0 N–H and O–H groups in total.